The first-order valence-corrected chi connectivity index (χ1v) is 23.4. The second kappa shape index (κ2) is 24.3. The van der Waals surface area contributed by atoms with Gasteiger partial charge in [0.1, 0.15) is 23.7 Å². The number of hydrogen-bond acceptors (Lipinski definition) is 11. The van der Waals surface area contributed by atoms with E-state index >= 15 is 0 Å². The molecule has 1 unspecified atom stereocenters. The van der Waals surface area contributed by atoms with Crippen LogP contribution in [0.2, 0.25) is 0 Å². The van der Waals surface area contributed by atoms with Gasteiger partial charge in [0, 0.05) is 57.8 Å². The molecule has 3 aliphatic heterocycles. The van der Waals surface area contributed by atoms with Crippen LogP contribution in [0.1, 0.15) is 138 Å². The molecular weight excluding hydrogens is 791 g/mol. The Balaban J connectivity index is 1.64. The molecule has 350 valence electrons. The Bertz CT molecular complexity index is 1620. The van der Waals surface area contributed by atoms with Crippen molar-refractivity contribution in [2.24, 2.45) is 35.5 Å². The van der Waals surface area contributed by atoms with E-state index in [1.807, 2.05) is 52.0 Å². The molecule has 62 heavy (non-hydrogen) atoms. The predicted octanol–water partition coefficient (Wildman–Crippen LogP) is 7.38. The number of Topliss-reactive ketones (excluding diaryl/α,β-unsaturated/α-hetero) is 2. The van der Waals surface area contributed by atoms with E-state index in [1.165, 1.54) is 4.90 Å². The van der Waals surface area contributed by atoms with Gasteiger partial charge in [-0.15, -0.1) is 0 Å². The first-order valence-electron chi connectivity index (χ1n) is 23.4. The minimum absolute atomic E-state index is 0.0510. The number of carbonyl (C=O) groups is 4. The van der Waals surface area contributed by atoms with Gasteiger partial charge in [0.05, 0.1) is 36.9 Å². The van der Waals surface area contributed by atoms with Crippen molar-refractivity contribution in [2.75, 3.05) is 20.8 Å². The monoisotopic (exact) mass is 870 g/mol. The highest BCUT2D eigenvalue weighted by Crippen LogP contribution is 2.39. The number of aliphatic hydroxyl groups excluding tert-OH is 2. The van der Waals surface area contributed by atoms with Crippen LogP contribution in [0.15, 0.2) is 47.6 Å². The van der Waals surface area contributed by atoms with Crippen molar-refractivity contribution in [3.63, 3.8) is 0 Å². The van der Waals surface area contributed by atoms with E-state index in [0.717, 1.165) is 12.0 Å². The first kappa shape index (κ1) is 51.6. The van der Waals surface area contributed by atoms with Gasteiger partial charge in [-0.3, -0.25) is 14.4 Å². The summed E-state index contributed by atoms with van der Waals surface area (Å²) in [5.41, 5.74) is 1.51. The Kier molecular flexibility index (Phi) is 20.3. The van der Waals surface area contributed by atoms with E-state index in [-0.39, 0.29) is 84.6 Å². The van der Waals surface area contributed by atoms with Gasteiger partial charge in [-0.1, -0.05) is 71.1 Å². The lowest BCUT2D eigenvalue weighted by molar-refractivity contribution is -0.284. The predicted molar refractivity (Wildman–Crippen MR) is 239 cm³/mol. The summed E-state index contributed by atoms with van der Waals surface area (Å²) >= 11 is 0. The van der Waals surface area contributed by atoms with E-state index in [1.54, 1.807) is 34.1 Å². The quantitative estimate of drug-likeness (QED) is 0.186. The number of nitrogens with zero attached hydrogens (tertiary/aromatic N) is 1. The highest BCUT2D eigenvalue weighted by Gasteiger charge is 2.46. The molecule has 12 heteroatoms. The highest BCUT2D eigenvalue weighted by molar-refractivity contribution is 5.86. The second-order valence-corrected chi connectivity index (χ2v) is 19.4. The average Bonchev–Trinajstić information content (AvgIpc) is 3.23. The highest BCUT2D eigenvalue weighted by atomic mass is 16.6. The number of fused-ring (bicyclic) bond motifs is 3. The number of allylic oxidation sites excluding steroid dienone is 6. The van der Waals surface area contributed by atoms with E-state index < -0.39 is 42.0 Å². The van der Waals surface area contributed by atoms with Crippen LogP contribution in [0.5, 0.6) is 0 Å². The SMILES string of the molecule is CO[C@H]1C[C@@H]2CC[C@@H](C)[C@](O)(CC(=O)N3CCCC[C@H]3C(=O)O[C@H]([C@H](C)CC3CC[C@H](O)[C@@H](OC)C3)CC(=O)[C@H](C)/C=C(\C)[C@@H](O)CC(=O)[C@H](C)C[C@H](C)/C=C/C=C/C=C/1C)O2. The van der Waals surface area contributed by atoms with Crippen LogP contribution in [0.25, 0.3) is 0 Å². The molecule has 1 saturated carbocycles. The molecule has 12 nitrogen and oxygen atoms in total. The lowest BCUT2D eigenvalue weighted by Gasteiger charge is -2.44. The third-order valence-corrected chi connectivity index (χ3v) is 14.2. The normalized spacial score (nSPS) is 40.5. The summed E-state index contributed by atoms with van der Waals surface area (Å²) in [6, 6.07) is -0.885. The fourth-order valence-electron chi connectivity index (χ4n) is 9.87. The summed E-state index contributed by atoms with van der Waals surface area (Å²) < 4.78 is 24.2. The van der Waals surface area contributed by atoms with Gasteiger partial charge < -0.3 is 39.2 Å². The van der Waals surface area contributed by atoms with E-state index in [9.17, 15) is 34.5 Å². The zero-order chi connectivity index (χ0) is 45.7. The molecule has 3 fully saturated rings. The van der Waals surface area contributed by atoms with Gasteiger partial charge in [0.2, 0.25) is 5.91 Å². The number of rotatable bonds is 5. The summed E-state index contributed by atoms with van der Waals surface area (Å²) in [6.45, 7) is 13.6. The third kappa shape index (κ3) is 14.8. The summed E-state index contributed by atoms with van der Waals surface area (Å²) in [5.74, 6) is -4.09. The fraction of sp³-hybridized carbons (Fsp3) is 0.760. The van der Waals surface area contributed by atoms with Crippen molar-refractivity contribution in [3.05, 3.63) is 47.6 Å². The van der Waals surface area contributed by atoms with Crippen LogP contribution >= 0.6 is 0 Å². The van der Waals surface area contributed by atoms with Gasteiger partial charge in [-0.25, -0.2) is 4.79 Å². The van der Waals surface area contributed by atoms with Crippen LogP contribution in [0.4, 0.5) is 0 Å². The lowest BCUT2D eigenvalue weighted by Crippen LogP contribution is -2.55. The number of esters is 1. The van der Waals surface area contributed by atoms with E-state index in [4.69, 9.17) is 18.9 Å². The maximum Gasteiger partial charge on any atom is 0.329 e. The molecule has 2 bridgehead atoms. The van der Waals surface area contributed by atoms with Crippen LogP contribution in [0.3, 0.4) is 0 Å². The lowest BCUT2D eigenvalue weighted by atomic mass is 9.78. The Morgan fingerprint density at radius 2 is 1.60 bits per heavy atom. The Morgan fingerprint density at radius 1 is 0.855 bits per heavy atom. The number of ether oxygens (including phenoxy) is 4. The van der Waals surface area contributed by atoms with Crippen LogP contribution in [0, 0.1) is 35.5 Å². The van der Waals surface area contributed by atoms with Crippen molar-refractivity contribution in [1.82, 2.24) is 4.90 Å². The molecule has 1 amide bonds. The maximum atomic E-state index is 14.3. The number of amides is 1. The molecule has 14 atom stereocenters. The summed E-state index contributed by atoms with van der Waals surface area (Å²) in [6.07, 6.45) is 14.7. The fourth-order valence-corrected chi connectivity index (χ4v) is 9.87. The minimum Gasteiger partial charge on any atom is -0.460 e. The molecule has 1 aliphatic carbocycles. The first-order chi connectivity index (χ1) is 29.3. The molecule has 0 aromatic heterocycles. The minimum atomic E-state index is -1.74. The second-order valence-electron chi connectivity index (χ2n) is 19.4. The Labute approximate surface area is 371 Å². The number of cyclic esters (lactones) is 1. The van der Waals surface area contributed by atoms with Crippen LogP contribution < -0.4 is 0 Å². The van der Waals surface area contributed by atoms with Crippen molar-refractivity contribution in [2.45, 2.75) is 187 Å². The number of aliphatic hydroxyl groups is 3. The van der Waals surface area contributed by atoms with Gasteiger partial charge in [-0.2, -0.15) is 0 Å². The molecule has 0 spiro atoms. The Morgan fingerprint density at radius 3 is 2.31 bits per heavy atom. The molecule has 0 radical (unpaired) electrons. The van der Waals surface area contributed by atoms with Crippen molar-refractivity contribution >= 4 is 23.4 Å². The van der Waals surface area contributed by atoms with E-state index in [0.29, 0.717) is 76.3 Å². The largest absolute Gasteiger partial charge is 0.460 e. The molecule has 4 rings (SSSR count). The van der Waals surface area contributed by atoms with Gasteiger partial charge in [-0.05, 0) is 107 Å². The number of hydrogen-bond donors (Lipinski definition) is 3. The molecule has 3 heterocycles. The van der Waals surface area contributed by atoms with Gasteiger partial charge in [0.15, 0.2) is 5.79 Å². The summed E-state index contributed by atoms with van der Waals surface area (Å²) in [7, 11) is 3.24. The topological polar surface area (TPSA) is 169 Å². The number of carbonyl (C=O) groups excluding carboxylic acids is 4. The summed E-state index contributed by atoms with van der Waals surface area (Å²) in [4.78, 5) is 57.3. The average molecular weight is 870 g/mol. The van der Waals surface area contributed by atoms with Crippen molar-refractivity contribution < 1.29 is 53.4 Å². The number of piperidine rings is 1. The van der Waals surface area contributed by atoms with Crippen molar-refractivity contribution in [3.8, 4) is 0 Å². The molecule has 0 aromatic carbocycles. The third-order valence-electron chi connectivity index (χ3n) is 14.2. The zero-order valence-corrected chi connectivity index (χ0v) is 39.1. The molecule has 2 saturated heterocycles. The molecule has 0 aromatic rings. The Hall–Kier alpha value is -3.00. The van der Waals surface area contributed by atoms with Crippen molar-refractivity contribution in [1.29, 1.82) is 0 Å². The van der Waals surface area contributed by atoms with Gasteiger partial charge in [0.25, 0.3) is 0 Å². The van der Waals surface area contributed by atoms with Gasteiger partial charge >= 0.3 is 5.97 Å². The molecule has 4 aliphatic rings. The van der Waals surface area contributed by atoms with E-state index in [2.05, 4.69) is 13.0 Å². The molecule has 3 N–H and O–H groups in total. The standard InChI is InChI=1S/C50H79NO11/c1-31-15-11-10-12-16-32(2)45(59-8)27-39-20-18-37(7)50(58,62-39)30-48(56)51-22-14-13-17-40(51)49(57)61-46(36(6)25-38-19-21-41(52)47(26-38)60-9)29-44(55)35(5)24-34(4)43(54)28-42(53)33(3)23-31/h10-12,15-16,24,31,33,35-41,43,45-47,52,54,58H,13-14,17-23,25-30H2,1-9H3/b12-10+,15-11+,32-16+,34-24+/t31-,33-,35-,36-,37-,38?,39+,40+,41+,43+,45+,46+,47+,50+/m1/s1. The zero-order valence-electron chi connectivity index (χ0n) is 39.1. The molecular formula is C50H79NO11. The number of ketones is 2. The summed E-state index contributed by atoms with van der Waals surface area (Å²) in [5, 5.41) is 33.5. The number of methoxy groups -OCH3 is 2. The van der Waals surface area contributed by atoms with Crippen LogP contribution in [-0.4, -0.2) is 113 Å². The smallest absolute Gasteiger partial charge is 0.329 e. The van der Waals surface area contributed by atoms with Crippen LogP contribution in [-0.2, 0) is 38.1 Å². The maximum absolute atomic E-state index is 14.3.